The molecule has 0 bridgehead atoms. The van der Waals surface area contributed by atoms with Crippen LogP contribution >= 0.6 is 0 Å². The highest BCUT2D eigenvalue weighted by molar-refractivity contribution is 6.35. The summed E-state index contributed by atoms with van der Waals surface area (Å²) in [5, 5.41) is 2.94. The van der Waals surface area contributed by atoms with Gasteiger partial charge in [0.1, 0.15) is 0 Å². The van der Waals surface area contributed by atoms with E-state index in [1.54, 1.807) is 21.9 Å². The molecule has 2 aromatic rings. The standard InChI is InChI=1S/C23H27N3O3/c1-15(2)26-12-11-25(22(28)23(26)29)14-18-7-9-19(10-8-18)21(27)24-20-13-16(3)5-6-17(20)4/h5-10,13,15H,11-12,14H2,1-4H3,(H,24,27). The molecule has 1 aliphatic heterocycles. The lowest BCUT2D eigenvalue weighted by molar-refractivity contribution is -0.157. The van der Waals surface area contributed by atoms with Crippen molar-refractivity contribution in [2.75, 3.05) is 18.4 Å². The van der Waals surface area contributed by atoms with E-state index in [0.29, 0.717) is 25.2 Å². The van der Waals surface area contributed by atoms with Crippen LogP contribution in [0.2, 0.25) is 0 Å². The summed E-state index contributed by atoms with van der Waals surface area (Å²) in [6.45, 7) is 9.16. The van der Waals surface area contributed by atoms with Crippen molar-refractivity contribution in [3.63, 3.8) is 0 Å². The molecular weight excluding hydrogens is 366 g/mol. The van der Waals surface area contributed by atoms with Gasteiger partial charge < -0.3 is 15.1 Å². The molecule has 0 unspecified atom stereocenters. The Morgan fingerprint density at radius 1 is 1.00 bits per heavy atom. The van der Waals surface area contributed by atoms with Gasteiger partial charge in [0, 0.05) is 36.9 Å². The molecule has 0 saturated carbocycles. The number of hydrogen-bond acceptors (Lipinski definition) is 3. The van der Waals surface area contributed by atoms with Crippen LogP contribution in [0.5, 0.6) is 0 Å². The summed E-state index contributed by atoms with van der Waals surface area (Å²) in [6, 6.07) is 13.1. The van der Waals surface area contributed by atoms with Crippen LogP contribution in [0.3, 0.4) is 0 Å². The summed E-state index contributed by atoms with van der Waals surface area (Å²) < 4.78 is 0. The monoisotopic (exact) mass is 393 g/mol. The summed E-state index contributed by atoms with van der Waals surface area (Å²) in [7, 11) is 0. The van der Waals surface area contributed by atoms with Crippen LogP contribution in [0.1, 0.15) is 40.9 Å². The molecular formula is C23H27N3O3. The molecule has 3 amide bonds. The molecule has 0 spiro atoms. The second-order valence-corrected chi connectivity index (χ2v) is 7.79. The fourth-order valence-electron chi connectivity index (χ4n) is 3.38. The van der Waals surface area contributed by atoms with E-state index in [9.17, 15) is 14.4 Å². The van der Waals surface area contributed by atoms with E-state index in [-0.39, 0.29) is 11.9 Å². The second kappa shape index (κ2) is 8.47. The Bertz CT molecular complexity index is 935. The van der Waals surface area contributed by atoms with Crippen molar-refractivity contribution in [2.45, 2.75) is 40.3 Å². The van der Waals surface area contributed by atoms with Crippen molar-refractivity contribution < 1.29 is 14.4 Å². The minimum absolute atomic E-state index is 0.0171. The molecule has 2 aromatic carbocycles. The van der Waals surface area contributed by atoms with Gasteiger partial charge in [-0.15, -0.1) is 0 Å². The number of rotatable bonds is 5. The molecule has 6 heteroatoms. The smallest absolute Gasteiger partial charge is 0.312 e. The molecule has 1 saturated heterocycles. The first kappa shape index (κ1) is 20.6. The molecule has 0 aliphatic carbocycles. The fraction of sp³-hybridized carbons (Fsp3) is 0.348. The summed E-state index contributed by atoms with van der Waals surface area (Å²) >= 11 is 0. The van der Waals surface area contributed by atoms with E-state index in [1.807, 2.05) is 58.0 Å². The number of benzene rings is 2. The van der Waals surface area contributed by atoms with Gasteiger partial charge in [0.05, 0.1) is 0 Å². The zero-order chi connectivity index (χ0) is 21.1. The Morgan fingerprint density at radius 2 is 1.69 bits per heavy atom. The number of piperazine rings is 1. The quantitative estimate of drug-likeness (QED) is 0.794. The van der Waals surface area contributed by atoms with E-state index in [0.717, 1.165) is 22.4 Å². The number of amides is 3. The molecule has 0 aromatic heterocycles. The van der Waals surface area contributed by atoms with Crippen molar-refractivity contribution in [3.8, 4) is 0 Å². The summed E-state index contributed by atoms with van der Waals surface area (Å²) in [5.41, 5.74) is 4.31. The maximum Gasteiger partial charge on any atom is 0.312 e. The number of carbonyl (C=O) groups excluding carboxylic acids is 3. The first-order valence-electron chi connectivity index (χ1n) is 9.83. The Morgan fingerprint density at radius 3 is 2.34 bits per heavy atom. The van der Waals surface area contributed by atoms with Gasteiger partial charge in [-0.2, -0.15) is 0 Å². The highest BCUT2D eigenvalue weighted by atomic mass is 16.2. The maximum absolute atomic E-state index is 12.5. The first-order valence-corrected chi connectivity index (χ1v) is 9.83. The molecule has 1 N–H and O–H groups in total. The number of aryl methyl sites for hydroxylation is 2. The van der Waals surface area contributed by atoms with Gasteiger partial charge in [-0.3, -0.25) is 14.4 Å². The Labute approximate surface area is 171 Å². The highest BCUT2D eigenvalue weighted by Crippen LogP contribution is 2.18. The van der Waals surface area contributed by atoms with Crippen LogP contribution in [-0.2, 0) is 16.1 Å². The lowest BCUT2D eigenvalue weighted by atomic mass is 10.1. The van der Waals surface area contributed by atoms with E-state index in [4.69, 9.17) is 0 Å². The van der Waals surface area contributed by atoms with Crippen LogP contribution in [0.4, 0.5) is 5.69 Å². The minimum atomic E-state index is -0.471. The second-order valence-electron chi connectivity index (χ2n) is 7.79. The van der Waals surface area contributed by atoms with E-state index in [2.05, 4.69) is 5.32 Å². The Hall–Kier alpha value is -3.15. The summed E-state index contributed by atoms with van der Waals surface area (Å²) in [5.74, 6) is -1.10. The summed E-state index contributed by atoms with van der Waals surface area (Å²) in [4.78, 5) is 40.3. The van der Waals surface area contributed by atoms with Gasteiger partial charge in [-0.1, -0.05) is 24.3 Å². The molecule has 6 nitrogen and oxygen atoms in total. The molecule has 1 aliphatic rings. The molecule has 1 heterocycles. The average Bonchev–Trinajstić information content (AvgIpc) is 2.68. The normalized spacial score (nSPS) is 14.5. The Kier molecular flexibility index (Phi) is 6.01. The van der Waals surface area contributed by atoms with Gasteiger partial charge in [-0.05, 0) is 62.6 Å². The highest BCUT2D eigenvalue weighted by Gasteiger charge is 2.33. The third-order valence-corrected chi connectivity index (χ3v) is 5.20. The number of nitrogens with zero attached hydrogens (tertiary/aromatic N) is 2. The molecule has 29 heavy (non-hydrogen) atoms. The van der Waals surface area contributed by atoms with Gasteiger partial charge in [0.25, 0.3) is 5.91 Å². The van der Waals surface area contributed by atoms with Gasteiger partial charge >= 0.3 is 11.8 Å². The third kappa shape index (κ3) is 4.65. The predicted octanol–water partition coefficient (Wildman–Crippen LogP) is 3.13. The topological polar surface area (TPSA) is 69.7 Å². The van der Waals surface area contributed by atoms with Gasteiger partial charge in [0.2, 0.25) is 0 Å². The number of nitrogens with one attached hydrogen (secondary N) is 1. The predicted molar refractivity (Wildman–Crippen MR) is 113 cm³/mol. The minimum Gasteiger partial charge on any atom is -0.330 e. The van der Waals surface area contributed by atoms with Gasteiger partial charge in [-0.25, -0.2) is 0 Å². The zero-order valence-corrected chi connectivity index (χ0v) is 17.4. The molecule has 3 rings (SSSR count). The van der Waals surface area contributed by atoms with E-state index >= 15 is 0 Å². The Balaban J connectivity index is 1.64. The lowest BCUT2D eigenvalue weighted by Crippen LogP contribution is -2.55. The van der Waals surface area contributed by atoms with Crippen LogP contribution in [0.25, 0.3) is 0 Å². The molecule has 0 radical (unpaired) electrons. The lowest BCUT2D eigenvalue weighted by Gasteiger charge is -2.36. The molecule has 0 atom stereocenters. The van der Waals surface area contributed by atoms with Crippen LogP contribution in [0, 0.1) is 13.8 Å². The van der Waals surface area contributed by atoms with Crippen molar-refractivity contribution in [1.29, 1.82) is 0 Å². The largest absolute Gasteiger partial charge is 0.330 e. The number of hydrogen-bond donors (Lipinski definition) is 1. The van der Waals surface area contributed by atoms with Crippen LogP contribution in [0.15, 0.2) is 42.5 Å². The van der Waals surface area contributed by atoms with Gasteiger partial charge in [0.15, 0.2) is 0 Å². The first-order chi connectivity index (χ1) is 13.8. The van der Waals surface area contributed by atoms with Crippen LogP contribution < -0.4 is 5.32 Å². The van der Waals surface area contributed by atoms with Crippen molar-refractivity contribution in [1.82, 2.24) is 9.80 Å². The van der Waals surface area contributed by atoms with Crippen molar-refractivity contribution in [2.24, 2.45) is 0 Å². The molecule has 1 fully saturated rings. The third-order valence-electron chi connectivity index (χ3n) is 5.20. The van der Waals surface area contributed by atoms with Crippen LogP contribution in [-0.4, -0.2) is 46.7 Å². The van der Waals surface area contributed by atoms with Crippen molar-refractivity contribution in [3.05, 3.63) is 64.7 Å². The maximum atomic E-state index is 12.5. The average molecular weight is 393 g/mol. The zero-order valence-electron chi connectivity index (χ0n) is 17.4. The number of anilines is 1. The molecule has 152 valence electrons. The number of carbonyl (C=O) groups is 3. The van der Waals surface area contributed by atoms with E-state index in [1.165, 1.54) is 0 Å². The SMILES string of the molecule is Cc1ccc(C)c(NC(=O)c2ccc(CN3CCN(C(C)C)C(=O)C3=O)cc2)c1. The fourth-order valence-corrected chi connectivity index (χ4v) is 3.38. The van der Waals surface area contributed by atoms with Crippen molar-refractivity contribution >= 4 is 23.4 Å². The van der Waals surface area contributed by atoms with E-state index < -0.39 is 11.8 Å². The summed E-state index contributed by atoms with van der Waals surface area (Å²) in [6.07, 6.45) is 0.